The van der Waals surface area contributed by atoms with Crippen LogP contribution in [0.5, 0.6) is 0 Å². The van der Waals surface area contributed by atoms with Crippen molar-refractivity contribution in [1.82, 2.24) is 0 Å². The standard InChI is InChI=1S/C27H51NO3/c1-5-6-7-8-9-10-11-12-13-14-15-16-17-18-19-20-21-22-23-31-26(24-27(29)30)25-28(2,3)4/h9-10,12-13,26H,5-8,11,14-25H2,1-4H3/p+1/b10-9-,13-12-. The molecule has 0 radical (unpaired) electrons. The van der Waals surface area contributed by atoms with Crippen LogP contribution in [0.1, 0.15) is 103 Å². The minimum atomic E-state index is -0.774. The van der Waals surface area contributed by atoms with E-state index >= 15 is 0 Å². The van der Waals surface area contributed by atoms with Gasteiger partial charge in [-0.1, -0.05) is 82.6 Å². The number of aliphatic carboxylic acids is 1. The van der Waals surface area contributed by atoms with Crippen molar-refractivity contribution in [2.45, 2.75) is 109 Å². The molecule has 0 heterocycles. The van der Waals surface area contributed by atoms with Crippen molar-refractivity contribution >= 4 is 5.97 Å². The number of hydrogen-bond donors (Lipinski definition) is 1. The van der Waals surface area contributed by atoms with Crippen LogP contribution >= 0.6 is 0 Å². The van der Waals surface area contributed by atoms with Crippen molar-refractivity contribution in [2.24, 2.45) is 0 Å². The van der Waals surface area contributed by atoms with Crippen LogP contribution < -0.4 is 0 Å². The number of nitrogens with zero attached hydrogens (tertiary/aromatic N) is 1. The third-order valence-electron chi connectivity index (χ3n) is 5.35. The second kappa shape index (κ2) is 20.8. The van der Waals surface area contributed by atoms with Crippen LogP contribution in [0.25, 0.3) is 0 Å². The molecule has 1 N–H and O–H groups in total. The molecule has 31 heavy (non-hydrogen) atoms. The number of unbranched alkanes of at least 4 members (excludes halogenated alkanes) is 11. The first-order valence-corrected chi connectivity index (χ1v) is 12.8. The summed E-state index contributed by atoms with van der Waals surface area (Å²) in [6.07, 6.45) is 26.8. The van der Waals surface area contributed by atoms with E-state index in [1.54, 1.807) is 0 Å². The van der Waals surface area contributed by atoms with Crippen molar-refractivity contribution < 1.29 is 19.1 Å². The van der Waals surface area contributed by atoms with Crippen molar-refractivity contribution in [3.05, 3.63) is 24.3 Å². The summed E-state index contributed by atoms with van der Waals surface area (Å²) in [5, 5.41) is 9.05. The topological polar surface area (TPSA) is 46.5 Å². The van der Waals surface area contributed by atoms with Crippen LogP contribution in [0.4, 0.5) is 0 Å². The van der Waals surface area contributed by atoms with E-state index in [0.29, 0.717) is 6.61 Å². The van der Waals surface area contributed by atoms with E-state index in [1.807, 2.05) is 0 Å². The highest BCUT2D eigenvalue weighted by molar-refractivity contribution is 5.67. The van der Waals surface area contributed by atoms with Gasteiger partial charge in [0.25, 0.3) is 0 Å². The van der Waals surface area contributed by atoms with Gasteiger partial charge in [-0.25, -0.2) is 0 Å². The number of carbonyl (C=O) groups is 1. The molecule has 0 saturated carbocycles. The Morgan fingerprint density at radius 1 is 0.806 bits per heavy atom. The van der Waals surface area contributed by atoms with Crippen LogP contribution in [-0.4, -0.2) is 56.0 Å². The number of rotatable bonds is 22. The molecule has 0 rings (SSSR count). The lowest BCUT2D eigenvalue weighted by atomic mass is 10.1. The summed E-state index contributed by atoms with van der Waals surface area (Å²) in [6.45, 7) is 3.66. The zero-order chi connectivity index (χ0) is 23.2. The third kappa shape index (κ3) is 25.0. The maximum Gasteiger partial charge on any atom is 0.306 e. The molecule has 0 amide bonds. The molecule has 0 aliphatic rings. The molecule has 0 saturated heterocycles. The Hall–Kier alpha value is -1.13. The van der Waals surface area contributed by atoms with E-state index in [9.17, 15) is 4.79 Å². The van der Waals surface area contributed by atoms with Gasteiger partial charge in [0.15, 0.2) is 0 Å². The Balaban J connectivity index is 3.47. The summed E-state index contributed by atoms with van der Waals surface area (Å²) in [6, 6.07) is 0. The number of allylic oxidation sites excluding steroid dienone is 4. The van der Waals surface area contributed by atoms with Crippen LogP contribution in [-0.2, 0) is 9.53 Å². The van der Waals surface area contributed by atoms with Gasteiger partial charge in [-0.2, -0.15) is 0 Å². The second-order valence-corrected chi connectivity index (χ2v) is 9.85. The van der Waals surface area contributed by atoms with Gasteiger partial charge in [-0.05, 0) is 38.5 Å². The fraction of sp³-hybridized carbons (Fsp3) is 0.815. The zero-order valence-corrected chi connectivity index (χ0v) is 21.1. The summed E-state index contributed by atoms with van der Waals surface area (Å²) in [5.41, 5.74) is 0. The van der Waals surface area contributed by atoms with Crippen molar-refractivity contribution in [2.75, 3.05) is 34.3 Å². The Kier molecular flexibility index (Phi) is 20.0. The fourth-order valence-corrected chi connectivity index (χ4v) is 3.68. The number of ether oxygens (including phenoxy) is 1. The number of likely N-dealkylation sites (N-methyl/N-ethyl adjacent to an activating group) is 1. The molecule has 1 unspecified atom stereocenters. The monoisotopic (exact) mass is 438 g/mol. The average Bonchev–Trinajstić information content (AvgIpc) is 2.68. The number of carboxylic acids is 1. The Morgan fingerprint density at radius 3 is 1.84 bits per heavy atom. The van der Waals surface area contributed by atoms with E-state index < -0.39 is 5.97 Å². The van der Waals surface area contributed by atoms with Crippen molar-refractivity contribution in [3.8, 4) is 0 Å². The molecule has 0 bridgehead atoms. The van der Waals surface area contributed by atoms with E-state index in [4.69, 9.17) is 9.84 Å². The molecule has 1 atom stereocenters. The molecule has 182 valence electrons. The highest BCUT2D eigenvalue weighted by Gasteiger charge is 2.21. The van der Waals surface area contributed by atoms with Crippen LogP contribution in [0.15, 0.2) is 24.3 Å². The van der Waals surface area contributed by atoms with Gasteiger partial charge >= 0.3 is 5.97 Å². The quantitative estimate of drug-likeness (QED) is 0.111. The zero-order valence-electron chi connectivity index (χ0n) is 21.1. The van der Waals surface area contributed by atoms with Gasteiger partial charge in [0, 0.05) is 6.61 Å². The molecule has 0 aromatic heterocycles. The summed E-state index contributed by atoms with van der Waals surface area (Å²) >= 11 is 0. The minimum absolute atomic E-state index is 0.0977. The van der Waals surface area contributed by atoms with Gasteiger partial charge in [-0.3, -0.25) is 4.79 Å². The smallest absolute Gasteiger partial charge is 0.306 e. The van der Waals surface area contributed by atoms with Gasteiger partial charge < -0.3 is 14.3 Å². The van der Waals surface area contributed by atoms with Crippen molar-refractivity contribution in [3.63, 3.8) is 0 Å². The summed E-state index contributed by atoms with van der Waals surface area (Å²) in [5.74, 6) is -0.774. The number of quaternary nitrogens is 1. The highest BCUT2D eigenvalue weighted by atomic mass is 16.5. The van der Waals surface area contributed by atoms with Gasteiger partial charge in [0.1, 0.15) is 12.6 Å². The van der Waals surface area contributed by atoms with Crippen LogP contribution in [0.3, 0.4) is 0 Å². The van der Waals surface area contributed by atoms with Crippen molar-refractivity contribution in [1.29, 1.82) is 0 Å². The van der Waals surface area contributed by atoms with Gasteiger partial charge in [0.2, 0.25) is 0 Å². The normalized spacial score (nSPS) is 13.4. The summed E-state index contributed by atoms with van der Waals surface area (Å²) in [7, 11) is 6.22. The Morgan fingerprint density at radius 2 is 1.32 bits per heavy atom. The predicted octanol–water partition coefficient (Wildman–Crippen LogP) is 7.15. The lowest BCUT2D eigenvalue weighted by molar-refractivity contribution is -0.873. The predicted molar refractivity (Wildman–Crippen MR) is 133 cm³/mol. The van der Waals surface area contributed by atoms with Gasteiger partial charge in [0.05, 0.1) is 27.6 Å². The van der Waals surface area contributed by atoms with E-state index in [2.05, 4.69) is 52.4 Å². The lowest BCUT2D eigenvalue weighted by Crippen LogP contribution is -2.43. The third-order valence-corrected chi connectivity index (χ3v) is 5.35. The van der Waals surface area contributed by atoms with Crippen LogP contribution in [0, 0.1) is 0 Å². The van der Waals surface area contributed by atoms with E-state index in [0.717, 1.165) is 23.9 Å². The molecule has 4 nitrogen and oxygen atoms in total. The largest absolute Gasteiger partial charge is 0.481 e. The van der Waals surface area contributed by atoms with Crippen LogP contribution in [0.2, 0.25) is 0 Å². The molecule has 0 fully saturated rings. The Labute approximate surface area is 193 Å². The maximum absolute atomic E-state index is 11.0. The first-order valence-electron chi connectivity index (χ1n) is 12.8. The molecular formula is C27H52NO3+. The molecule has 0 aliphatic carbocycles. The van der Waals surface area contributed by atoms with E-state index in [-0.39, 0.29) is 12.5 Å². The molecule has 0 spiro atoms. The summed E-state index contributed by atoms with van der Waals surface area (Å²) < 4.78 is 6.58. The molecule has 0 aliphatic heterocycles. The molecule has 0 aromatic rings. The molecule has 0 aromatic carbocycles. The van der Waals surface area contributed by atoms with E-state index in [1.165, 1.54) is 77.0 Å². The SMILES string of the molecule is CCCCC/C=C\C/C=C\CCCCCCCCCCOC(CC(=O)O)C[N+](C)(C)C. The molecular weight excluding hydrogens is 386 g/mol. The lowest BCUT2D eigenvalue weighted by Gasteiger charge is -2.28. The van der Waals surface area contributed by atoms with Gasteiger partial charge in [-0.15, -0.1) is 0 Å². The first-order chi connectivity index (χ1) is 14.8. The number of hydrogen-bond acceptors (Lipinski definition) is 2. The summed E-state index contributed by atoms with van der Waals surface area (Å²) in [4.78, 5) is 11.0. The highest BCUT2D eigenvalue weighted by Crippen LogP contribution is 2.11. The first kappa shape index (κ1) is 29.9. The second-order valence-electron chi connectivity index (χ2n) is 9.85. The fourth-order valence-electron chi connectivity index (χ4n) is 3.68. The molecule has 4 heteroatoms. The average molecular weight is 439 g/mol. The Bertz CT molecular complexity index is 466. The number of carboxylic acid groups (broad SMARTS) is 1. The minimum Gasteiger partial charge on any atom is -0.481 e. The maximum atomic E-state index is 11.0.